The van der Waals surface area contributed by atoms with Crippen molar-refractivity contribution < 1.29 is 0 Å². The minimum absolute atomic E-state index is 0.107. The van der Waals surface area contributed by atoms with Gasteiger partial charge in [0.15, 0.2) is 0 Å². The molecule has 0 amide bonds. The third-order valence-electron chi connectivity index (χ3n) is 1.71. The summed E-state index contributed by atoms with van der Waals surface area (Å²) in [6, 6.07) is 3.62. The van der Waals surface area contributed by atoms with Crippen LogP contribution in [0.15, 0.2) is 23.1 Å². The van der Waals surface area contributed by atoms with Gasteiger partial charge in [-0.15, -0.1) is 0 Å². The molecule has 0 aliphatic carbocycles. The quantitative estimate of drug-likeness (QED) is 0.777. The van der Waals surface area contributed by atoms with Crippen molar-refractivity contribution >= 4 is 22.6 Å². The molecule has 0 radical (unpaired) electrons. The Balaban J connectivity index is 2.80. The molecule has 0 aromatic carbocycles. The molecule has 2 nitrogen and oxygen atoms in total. The van der Waals surface area contributed by atoms with Crippen molar-refractivity contribution in [1.29, 1.82) is 0 Å². The number of halogens is 1. The maximum atomic E-state index is 11.3. The number of pyridine rings is 1. The van der Waals surface area contributed by atoms with Crippen LogP contribution in [0.25, 0.3) is 0 Å². The van der Waals surface area contributed by atoms with Gasteiger partial charge in [-0.3, -0.25) is 4.79 Å². The van der Waals surface area contributed by atoms with Crippen LogP contribution in [0.3, 0.4) is 0 Å². The van der Waals surface area contributed by atoms with Gasteiger partial charge in [-0.25, -0.2) is 0 Å². The van der Waals surface area contributed by atoms with Crippen molar-refractivity contribution in [3.63, 3.8) is 0 Å². The fourth-order valence-corrected chi connectivity index (χ4v) is 1.42. The van der Waals surface area contributed by atoms with Gasteiger partial charge >= 0.3 is 0 Å². The van der Waals surface area contributed by atoms with Crippen LogP contribution < -0.4 is 5.56 Å². The highest BCUT2D eigenvalue weighted by Gasteiger charge is 1.94. The molecule has 0 saturated carbocycles. The zero-order chi connectivity index (χ0) is 8.97. The molecule has 0 atom stereocenters. The number of rotatable bonds is 3. The number of aromatic nitrogens is 1. The minimum Gasteiger partial charge on any atom is -0.315 e. The number of aryl methyl sites for hydroxylation is 1. The molecule has 3 heteroatoms. The van der Waals surface area contributed by atoms with Crippen molar-refractivity contribution in [3.05, 3.63) is 32.3 Å². The van der Waals surface area contributed by atoms with E-state index in [1.54, 1.807) is 10.6 Å². The molecule has 0 aliphatic rings. The highest BCUT2D eigenvalue weighted by atomic mass is 127. The summed E-state index contributed by atoms with van der Waals surface area (Å²) in [5.41, 5.74) is 0.107. The molecule has 0 spiro atoms. The first-order valence-electron chi connectivity index (χ1n) is 4.10. The monoisotopic (exact) mass is 277 g/mol. The van der Waals surface area contributed by atoms with Gasteiger partial charge in [-0.2, -0.15) is 0 Å². The Morgan fingerprint density at radius 2 is 2.33 bits per heavy atom. The SMILES string of the molecule is CCCCn1ccc(I)cc1=O. The predicted molar refractivity (Wildman–Crippen MR) is 58.3 cm³/mol. The summed E-state index contributed by atoms with van der Waals surface area (Å²) in [6.07, 6.45) is 4.05. The lowest BCUT2D eigenvalue weighted by molar-refractivity contribution is 0.612. The molecule has 0 N–H and O–H groups in total. The minimum atomic E-state index is 0.107. The molecule has 0 fully saturated rings. The fourth-order valence-electron chi connectivity index (χ4n) is 0.997. The Morgan fingerprint density at radius 3 is 2.92 bits per heavy atom. The first kappa shape index (κ1) is 9.77. The number of hydrogen-bond acceptors (Lipinski definition) is 1. The Bertz CT molecular complexity index is 306. The van der Waals surface area contributed by atoms with E-state index in [2.05, 4.69) is 29.5 Å². The van der Waals surface area contributed by atoms with Crippen LogP contribution in [0.2, 0.25) is 0 Å². The summed E-state index contributed by atoms with van der Waals surface area (Å²) in [5.74, 6) is 0. The van der Waals surface area contributed by atoms with E-state index in [0.717, 1.165) is 23.0 Å². The molecule has 0 saturated heterocycles. The largest absolute Gasteiger partial charge is 0.315 e. The van der Waals surface area contributed by atoms with Gasteiger partial charge in [0.05, 0.1) is 0 Å². The normalized spacial score (nSPS) is 10.2. The summed E-state index contributed by atoms with van der Waals surface area (Å²) in [6.45, 7) is 2.96. The van der Waals surface area contributed by atoms with Gasteiger partial charge in [0.2, 0.25) is 0 Å². The predicted octanol–water partition coefficient (Wildman–Crippen LogP) is 2.25. The average molecular weight is 277 g/mol. The molecule has 66 valence electrons. The van der Waals surface area contributed by atoms with E-state index in [1.807, 2.05) is 12.3 Å². The van der Waals surface area contributed by atoms with Crippen LogP contribution in [0, 0.1) is 3.57 Å². The van der Waals surface area contributed by atoms with Gasteiger partial charge in [0.1, 0.15) is 0 Å². The summed E-state index contributed by atoms with van der Waals surface area (Å²) in [5, 5.41) is 0. The molecule has 0 unspecified atom stereocenters. The molecule has 0 bridgehead atoms. The van der Waals surface area contributed by atoms with E-state index in [9.17, 15) is 4.79 Å². The van der Waals surface area contributed by atoms with E-state index >= 15 is 0 Å². The molecule has 12 heavy (non-hydrogen) atoms. The molecular formula is C9H12INO. The van der Waals surface area contributed by atoms with Gasteiger partial charge < -0.3 is 4.57 Å². The number of unbranched alkanes of at least 4 members (excludes halogenated alkanes) is 1. The highest BCUT2D eigenvalue weighted by molar-refractivity contribution is 14.1. The van der Waals surface area contributed by atoms with Crippen LogP contribution in [0.5, 0.6) is 0 Å². The fraction of sp³-hybridized carbons (Fsp3) is 0.444. The molecule has 0 aliphatic heterocycles. The van der Waals surface area contributed by atoms with Crippen LogP contribution in [-0.4, -0.2) is 4.57 Å². The van der Waals surface area contributed by atoms with Crippen molar-refractivity contribution in [3.8, 4) is 0 Å². The Hall–Kier alpha value is -0.320. The lowest BCUT2D eigenvalue weighted by Gasteiger charge is -2.02. The molecular weight excluding hydrogens is 265 g/mol. The maximum absolute atomic E-state index is 11.3. The number of nitrogens with zero attached hydrogens (tertiary/aromatic N) is 1. The van der Waals surface area contributed by atoms with E-state index in [4.69, 9.17) is 0 Å². The second-order valence-electron chi connectivity index (χ2n) is 2.73. The summed E-state index contributed by atoms with van der Waals surface area (Å²) in [7, 11) is 0. The van der Waals surface area contributed by atoms with Gasteiger partial charge in [-0.1, -0.05) is 13.3 Å². The topological polar surface area (TPSA) is 22.0 Å². The van der Waals surface area contributed by atoms with Crippen molar-refractivity contribution in [2.45, 2.75) is 26.3 Å². The second kappa shape index (κ2) is 4.64. The zero-order valence-corrected chi connectivity index (χ0v) is 9.24. The first-order valence-corrected chi connectivity index (χ1v) is 5.18. The lowest BCUT2D eigenvalue weighted by Crippen LogP contribution is -2.18. The first-order chi connectivity index (χ1) is 5.74. The van der Waals surface area contributed by atoms with Gasteiger partial charge in [-0.05, 0) is 35.1 Å². The molecule has 1 aromatic rings. The van der Waals surface area contributed by atoms with Crippen LogP contribution >= 0.6 is 22.6 Å². The molecule has 1 aromatic heterocycles. The highest BCUT2D eigenvalue weighted by Crippen LogP contribution is 1.99. The Morgan fingerprint density at radius 1 is 1.58 bits per heavy atom. The van der Waals surface area contributed by atoms with Crippen molar-refractivity contribution in [2.24, 2.45) is 0 Å². The second-order valence-corrected chi connectivity index (χ2v) is 3.98. The summed E-state index contributed by atoms with van der Waals surface area (Å²) >= 11 is 2.15. The van der Waals surface area contributed by atoms with Crippen LogP contribution in [0.1, 0.15) is 19.8 Å². The van der Waals surface area contributed by atoms with E-state index in [-0.39, 0.29) is 5.56 Å². The van der Waals surface area contributed by atoms with E-state index in [0.29, 0.717) is 0 Å². The van der Waals surface area contributed by atoms with Crippen molar-refractivity contribution in [2.75, 3.05) is 0 Å². The molecule has 1 heterocycles. The Labute approximate surface area is 85.7 Å². The average Bonchev–Trinajstić information content (AvgIpc) is 2.03. The number of hydrogen-bond donors (Lipinski definition) is 0. The van der Waals surface area contributed by atoms with E-state index in [1.165, 1.54) is 0 Å². The standard InChI is InChI=1S/C9H12INO/c1-2-3-5-11-6-4-8(10)7-9(11)12/h4,6-7H,2-3,5H2,1H3. The smallest absolute Gasteiger partial charge is 0.251 e. The summed E-state index contributed by atoms with van der Waals surface area (Å²) in [4.78, 5) is 11.3. The lowest BCUT2D eigenvalue weighted by atomic mass is 10.3. The maximum Gasteiger partial charge on any atom is 0.251 e. The van der Waals surface area contributed by atoms with Gasteiger partial charge in [0.25, 0.3) is 5.56 Å². The van der Waals surface area contributed by atoms with Crippen LogP contribution in [-0.2, 0) is 6.54 Å². The van der Waals surface area contributed by atoms with Crippen LogP contribution in [0.4, 0.5) is 0 Å². The van der Waals surface area contributed by atoms with E-state index < -0.39 is 0 Å². The van der Waals surface area contributed by atoms with Crippen molar-refractivity contribution in [1.82, 2.24) is 4.57 Å². The summed E-state index contributed by atoms with van der Waals surface area (Å²) < 4.78 is 2.76. The molecule has 1 rings (SSSR count). The van der Waals surface area contributed by atoms with Gasteiger partial charge in [0, 0.05) is 22.4 Å². The third kappa shape index (κ3) is 2.62. The zero-order valence-electron chi connectivity index (χ0n) is 7.09. The Kier molecular flexibility index (Phi) is 3.78. The third-order valence-corrected chi connectivity index (χ3v) is 2.38.